The largest absolute Gasteiger partial charge is 0.368 e. The van der Waals surface area contributed by atoms with E-state index in [1.165, 1.54) is 6.07 Å². The van der Waals surface area contributed by atoms with Gasteiger partial charge in [-0.05, 0) is 30.0 Å². The van der Waals surface area contributed by atoms with Gasteiger partial charge in [-0.25, -0.2) is 4.39 Å². The number of fused-ring (bicyclic) bond motifs is 1. The van der Waals surface area contributed by atoms with Gasteiger partial charge in [-0.3, -0.25) is 19.3 Å². The van der Waals surface area contributed by atoms with E-state index < -0.39 is 29.6 Å². The molecule has 1 atom stereocenters. The van der Waals surface area contributed by atoms with Crippen molar-refractivity contribution in [2.75, 3.05) is 0 Å². The Morgan fingerprint density at radius 1 is 1.24 bits per heavy atom. The molecule has 3 amide bonds. The smallest absolute Gasteiger partial charge is 0.262 e. The molecule has 1 aliphatic heterocycles. The maximum absolute atomic E-state index is 14.0. The fraction of sp³-hybridized carbons (Fsp3) is 0.400. The van der Waals surface area contributed by atoms with Crippen molar-refractivity contribution in [1.29, 1.82) is 0 Å². The van der Waals surface area contributed by atoms with Crippen LogP contribution in [-0.4, -0.2) is 28.7 Å². The van der Waals surface area contributed by atoms with Crippen LogP contribution in [0.1, 0.15) is 59.4 Å². The molecule has 6 heteroatoms. The van der Waals surface area contributed by atoms with Crippen LogP contribution in [0.25, 0.3) is 0 Å². The topological polar surface area (TPSA) is 80.5 Å². The van der Waals surface area contributed by atoms with Gasteiger partial charge in [-0.1, -0.05) is 20.8 Å². The van der Waals surface area contributed by atoms with E-state index in [0.29, 0.717) is 5.56 Å². The molecule has 1 aliphatic rings. The van der Waals surface area contributed by atoms with Gasteiger partial charge < -0.3 is 5.73 Å². The third-order valence-corrected chi connectivity index (χ3v) is 3.68. The van der Waals surface area contributed by atoms with Crippen molar-refractivity contribution in [3.8, 4) is 0 Å². The predicted molar refractivity (Wildman–Crippen MR) is 74.3 cm³/mol. The number of nitrogens with zero attached hydrogens (tertiary/aromatic N) is 1. The first-order valence-corrected chi connectivity index (χ1v) is 6.80. The van der Waals surface area contributed by atoms with Gasteiger partial charge in [0.05, 0.1) is 11.1 Å². The van der Waals surface area contributed by atoms with E-state index in [-0.39, 0.29) is 23.5 Å². The summed E-state index contributed by atoms with van der Waals surface area (Å²) in [5, 5.41) is 0. The fourth-order valence-corrected chi connectivity index (χ4v) is 2.53. The monoisotopic (exact) mass is 292 g/mol. The molecule has 1 aromatic rings. The lowest BCUT2D eigenvalue weighted by Crippen LogP contribution is -2.47. The number of imide groups is 1. The quantitative estimate of drug-likeness (QED) is 0.859. The summed E-state index contributed by atoms with van der Waals surface area (Å²) in [6.45, 7) is 5.24. The van der Waals surface area contributed by atoms with Gasteiger partial charge in [0, 0.05) is 0 Å². The SMILES string of the molecule is CCC(C(N)=O)N1C(=O)c2cc(F)c(C(C)C)cc2C1=O. The van der Waals surface area contributed by atoms with Crippen molar-refractivity contribution in [3.63, 3.8) is 0 Å². The van der Waals surface area contributed by atoms with E-state index in [2.05, 4.69) is 0 Å². The Balaban J connectivity index is 2.54. The zero-order chi connectivity index (χ0) is 15.9. The molecule has 2 rings (SSSR count). The van der Waals surface area contributed by atoms with E-state index in [9.17, 15) is 18.8 Å². The van der Waals surface area contributed by atoms with Crippen LogP contribution < -0.4 is 5.73 Å². The summed E-state index contributed by atoms with van der Waals surface area (Å²) >= 11 is 0. The zero-order valence-corrected chi connectivity index (χ0v) is 12.1. The first kappa shape index (κ1) is 15.2. The Morgan fingerprint density at radius 2 is 1.76 bits per heavy atom. The average molecular weight is 292 g/mol. The van der Waals surface area contributed by atoms with E-state index in [1.807, 2.05) is 0 Å². The number of primary amides is 1. The molecule has 5 nitrogen and oxygen atoms in total. The molecular weight excluding hydrogens is 275 g/mol. The lowest BCUT2D eigenvalue weighted by molar-refractivity contribution is -0.121. The molecule has 112 valence electrons. The molecule has 2 N–H and O–H groups in total. The second-order valence-corrected chi connectivity index (χ2v) is 5.38. The Morgan fingerprint density at radius 3 is 2.19 bits per heavy atom. The molecule has 1 unspecified atom stereocenters. The van der Waals surface area contributed by atoms with Gasteiger partial charge >= 0.3 is 0 Å². The van der Waals surface area contributed by atoms with E-state index in [0.717, 1.165) is 11.0 Å². The van der Waals surface area contributed by atoms with E-state index in [1.54, 1.807) is 20.8 Å². The minimum absolute atomic E-state index is 0.0124. The van der Waals surface area contributed by atoms with Crippen LogP contribution in [0.5, 0.6) is 0 Å². The molecule has 21 heavy (non-hydrogen) atoms. The third kappa shape index (κ3) is 2.30. The van der Waals surface area contributed by atoms with Crippen molar-refractivity contribution in [3.05, 3.63) is 34.6 Å². The van der Waals surface area contributed by atoms with Crippen LogP contribution in [0, 0.1) is 5.82 Å². The molecule has 0 radical (unpaired) electrons. The second-order valence-electron chi connectivity index (χ2n) is 5.38. The highest BCUT2D eigenvalue weighted by Crippen LogP contribution is 2.30. The number of carbonyl (C=O) groups is 3. The highest BCUT2D eigenvalue weighted by Gasteiger charge is 2.42. The Bertz CT molecular complexity index is 640. The fourth-order valence-electron chi connectivity index (χ4n) is 2.53. The Labute approximate surface area is 121 Å². The molecular formula is C15H17FN2O3. The van der Waals surface area contributed by atoms with Crippen LogP contribution >= 0.6 is 0 Å². The number of carbonyl (C=O) groups excluding carboxylic acids is 3. The molecule has 0 fully saturated rings. The van der Waals surface area contributed by atoms with Crippen molar-refractivity contribution in [1.82, 2.24) is 4.90 Å². The van der Waals surface area contributed by atoms with Crippen LogP contribution in [0.3, 0.4) is 0 Å². The highest BCUT2D eigenvalue weighted by atomic mass is 19.1. The molecule has 0 saturated carbocycles. The molecule has 0 aliphatic carbocycles. The maximum Gasteiger partial charge on any atom is 0.262 e. The number of halogens is 1. The van der Waals surface area contributed by atoms with Gasteiger partial charge in [0.25, 0.3) is 11.8 Å². The lowest BCUT2D eigenvalue weighted by atomic mass is 9.97. The average Bonchev–Trinajstić information content (AvgIpc) is 2.63. The highest BCUT2D eigenvalue weighted by molar-refractivity contribution is 6.22. The summed E-state index contributed by atoms with van der Waals surface area (Å²) in [5.41, 5.74) is 5.72. The Kier molecular flexibility index (Phi) is 3.80. The molecule has 1 aromatic carbocycles. The molecule has 0 bridgehead atoms. The molecule has 1 heterocycles. The first-order chi connectivity index (χ1) is 9.79. The van der Waals surface area contributed by atoms with Crippen LogP contribution in [-0.2, 0) is 4.79 Å². The summed E-state index contributed by atoms with van der Waals surface area (Å²) in [6.07, 6.45) is 0.223. The second kappa shape index (κ2) is 5.27. The summed E-state index contributed by atoms with van der Waals surface area (Å²) in [4.78, 5) is 36.9. The maximum atomic E-state index is 14.0. The van der Waals surface area contributed by atoms with Crippen molar-refractivity contribution in [2.45, 2.75) is 39.2 Å². The van der Waals surface area contributed by atoms with Gasteiger partial charge in [-0.2, -0.15) is 0 Å². The number of hydrogen-bond acceptors (Lipinski definition) is 3. The number of hydrogen-bond donors (Lipinski definition) is 1. The summed E-state index contributed by atoms with van der Waals surface area (Å²) in [5.74, 6) is -2.67. The number of rotatable bonds is 4. The minimum atomic E-state index is -1.01. The van der Waals surface area contributed by atoms with Gasteiger partial charge in [0.15, 0.2) is 0 Å². The van der Waals surface area contributed by atoms with Crippen molar-refractivity contribution in [2.24, 2.45) is 5.73 Å². The van der Waals surface area contributed by atoms with E-state index in [4.69, 9.17) is 5.73 Å². The summed E-state index contributed by atoms with van der Waals surface area (Å²) in [6, 6.07) is 1.45. The van der Waals surface area contributed by atoms with Gasteiger partial charge in [0.2, 0.25) is 5.91 Å². The van der Waals surface area contributed by atoms with Crippen LogP contribution in [0.4, 0.5) is 4.39 Å². The standard InChI is InChI=1S/C15H17FN2O3/c1-4-12(13(17)19)18-14(20)9-5-8(7(2)3)11(16)6-10(9)15(18)21/h5-7,12H,4H2,1-3H3,(H2,17,19). The van der Waals surface area contributed by atoms with Crippen LogP contribution in [0.15, 0.2) is 12.1 Å². The van der Waals surface area contributed by atoms with Crippen molar-refractivity contribution >= 4 is 17.7 Å². The predicted octanol–water partition coefficient (Wildman–Crippen LogP) is 1.81. The Hall–Kier alpha value is -2.24. The molecule has 0 saturated heterocycles. The van der Waals surface area contributed by atoms with Gasteiger partial charge in [-0.15, -0.1) is 0 Å². The van der Waals surface area contributed by atoms with Crippen molar-refractivity contribution < 1.29 is 18.8 Å². The zero-order valence-electron chi connectivity index (χ0n) is 12.1. The molecule has 0 aromatic heterocycles. The third-order valence-electron chi connectivity index (χ3n) is 3.68. The molecule has 0 spiro atoms. The van der Waals surface area contributed by atoms with Gasteiger partial charge in [0.1, 0.15) is 11.9 Å². The normalized spacial score (nSPS) is 15.6. The summed E-state index contributed by atoms with van der Waals surface area (Å²) < 4.78 is 14.0. The van der Waals surface area contributed by atoms with E-state index >= 15 is 0 Å². The minimum Gasteiger partial charge on any atom is -0.368 e. The number of nitrogens with two attached hydrogens (primary N) is 1. The number of amides is 3. The van der Waals surface area contributed by atoms with Crippen LogP contribution in [0.2, 0.25) is 0 Å². The first-order valence-electron chi connectivity index (χ1n) is 6.80. The number of benzene rings is 1. The lowest BCUT2D eigenvalue weighted by Gasteiger charge is -2.21. The summed E-state index contributed by atoms with van der Waals surface area (Å²) in [7, 11) is 0.